The maximum Gasteiger partial charge on any atom is 0.246 e. The van der Waals surface area contributed by atoms with Crippen LogP contribution in [0.3, 0.4) is 0 Å². The fourth-order valence-corrected chi connectivity index (χ4v) is 5.19. The third-order valence-electron chi connectivity index (χ3n) is 5.79. The first kappa shape index (κ1) is 21.0. The van der Waals surface area contributed by atoms with Gasteiger partial charge in [-0.1, -0.05) is 19.1 Å². The van der Waals surface area contributed by atoms with Crippen LogP contribution in [0.25, 0.3) is 6.08 Å². The Kier molecular flexibility index (Phi) is 6.91. The van der Waals surface area contributed by atoms with Crippen LogP contribution in [0.15, 0.2) is 35.2 Å². The lowest BCUT2D eigenvalue weighted by Gasteiger charge is -2.33. The van der Waals surface area contributed by atoms with Crippen LogP contribution in [-0.2, 0) is 19.6 Å². The Morgan fingerprint density at radius 3 is 2.32 bits per heavy atom. The zero-order valence-electron chi connectivity index (χ0n) is 16.7. The van der Waals surface area contributed by atoms with Crippen LogP contribution in [0, 0.1) is 5.92 Å². The highest BCUT2D eigenvalue weighted by Crippen LogP contribution is 2.26. The summed E-state index contributed by atoms with van der Waals surface area (Å²) in [5.74, 6) is 0.743. The number of rotatable bonds is 5. The number of carbonyl (C=O) groups excluding carboxylic acids is 1. The minimum Gasteiger partial charge on any atom is -0.379 e. The number of morpholine rings is 1. The molecule has 154 valence electrons. The maximum absolute atomic E-state index is 12.6. The molecule has 2 fully saturated rings. The molecule has 1 heterocycles. The molecular formula is C21H30N2O4S. The first-order valence-electron chi connectivity index (χ1n) is 10.0. The first-order valence-corrected chi connectivity index (χ1v) is 11.4. The average Bonchev–Trinajstić information content (AvgIpc) is 2.73. The Labute approximate surface area is 168 Å². The SMILES string of the molecule is CC1CCC(N(C)C(=O)/C=C/c2ccc(S(=O)(=O)N3CCOCC3)cc2)CC1. The Hall–Kier alpha value is -1.70. The Morgan fingerprint density at radius 1 is 1.11 bits per heavy atom. The number of hydrogen-bond donors (Lipinski definition) is 0. The fourth-order valence-electron chi connectivity index (χ4n) is 3.78. The lowest BCUT2D eigenvalue weighted by atomic mass is 9.87. The summed E-state index contributed by atoms with van der Waals surface area (Å²) in [5, 5.41) is 0. The van der Waals surface area contributed by atoms with Crippen LogP contribution < -0.4 is 0 Å². The lowest BCUT2D eigenvalue weighted by Crippen LogP contribution is -2.40. The van der Waals surface area contributed by atoms with Crippen molar-refractivity contribution in [3.8, 4) is 0 Å². The summed E-state index contributed by atoms with van der Waals surface area (Å²) in [4.78, 5) is 14.6. The lowest BCUT2D eigenvalue weighted by molar-refractivity contribution is -0.127. The zero-order valence-corrected chi connectivity index (χ0v) is 17.5. The van der Waals surface area contributed by atoms with Gasteiger partial charge in [-0.25, -0.2) is 8.42 Å². The van der Waals surface area contributed by atoms with Crippen LogP contribution in [0.2, 0.25) is 0 Å². The molecule has 0 bridgehead atoms. The van der Waals surface area contributed by atoms with Crippen molar-refractivity contribution < 1.29 is 17.9 Å². The molecule has 1 aromatic carbocycles. The van der Waals surface area contributed by atoms with Crippen LogP contribution in [0.4, 0.5) is 0 Å². The third-order valence-corrected chi connectivity index (χ3v) is 7.70. The summed E-state index contributed by atoms with van der Waals surface area (Å²) in [6.07, 6.45) is 7.78. The van der Waals surface area contributed by atoms with Gasteiger partial charge in [0.2, 0.25) is 15.9 Å². The molecule has 0 unspecified atom stereocenters. The number of amides is 1. The van der Waals surface area contributed by atoms with E-state index in [-0.39, 0.29) is 10.8 Å². The van der Waals surface area contributed by atoms with E-state index in [9.17, 15) is 13.2 Å². The molecule has 6 nitrogen and oxygen atoms in total. The Morgan fingerprint density at radius 2 is 1.71 bits per heavy atom. The summed E-state index contributed by atoms with van der Waals surface area (Å²) >= 11 is 0. The molecule has 7 heteroatoms. The van der Waals surface area contributed by atoms with E-state index >= 15 is 0 Å². The number of ether oxygens (including phenoxy) is 1. The summed E-state index contributed by atoms with van der Waals surface area (Å²) in [7, 11) is -1.62. The van der Waals surface area contributed by atoms with Crippen molar-refractivity contribution in [2.24, 2.45) is 5.92 Å². The second-order valence-corrected chi connectivity index (χ2v) is 9.72. The normalized spacial score (nSPS) is 24.4. The molecule has 1 aromatic rings. The number of benzene rings is 1. The molecule has 0 radical (unpaired) electrons. The molecule has 1 saturated carbocycles. The van der Waals surface area contributed by atoms with E-state index in [2.05, 4.69) is 6.92 Å². The summed E-state index contributed by atoms with van der Waals surface area (Å²) < 4.78 is 32.0. The predicted octanol–water partition coefficient (Wildman–Crippen LogP) is 2.76. The molecular weight excluding hydrogens is 376 g/mol. The van der Waals surface area contributed by atoms with Gasteiger partial charge in [0, 0.05) is 32.3 Å². The van der Waals surface area contributed by atoms with Crippen molar-refractivity contribution in [1.82, 2.24) is 9.21 Å². The van der Waals surface area contributed by atoms with E-state index in [0.717, 1.165) is 24.3 Å². The van der Waals surface area contributed by atoms with E-state index < -0.39 is 10.0 Å². The van der Waals surface area contributed by atoms with E-state index in [1.165, 1.54) is 17.1 Å². The van der Waals surface area contributed by atoms with Gasteiger partial charge in [-0.15, -0.1) is 0 Å². The highest BCUT2D eigenvalue weighted by Gasteiger charge is 2.26. The first-order chi connectivity index (χ1) is 13.4. The molecule has 1 saturated heterocycles. The average molecular weight is 407 g/mol. The van der Waals surface area contributed by atoms with Gasteiger partial charge in [-0.2, -0.15) is 4.31 Å². The van der Waals surface area contributed by atoms with Crippen molar-refractivity contribution in [3.05, 3.63) is 35.9 Å². The quantitative estimate of drug-likeness (QED) is 0.705. The molecule has 0 spiro atoms. The van der Waals surface area contributed by atoms with Gasteiger partial charge in [0.1, 0.15) is 0 Å². The van der Waals surface area contributed by atoms with Gasteiger partial charge in [0.25, 0.3) is 0 Å². The van der Waals surface area contributed by atoms with Gasteiger partial charge in [0.15, 0.2) is 0 Å². The Bertz CT molecular complexity index is 790. The van der Waals surface area contributed by atoms with Crippen molar-refractivity contribution >= 4 is 22.0 Å². The summed E-state index contributed by atoms with van der Waals surface area (Å²) in [6, 6.07) is 6.98. The number of carbonyl (C=O) groups is 1. The smallest absolute Gasteiger partial charge is 0.246 e. The number of likely N-dealkylation sites (N-methyl/N-ethyl adjacent to an activating group) is 1. The molecule has 1 amide bonds. The highest BCUT2D eigenvalue weighted by molar-refractivity contribution is 7.89. The Balaban J connectivity index is 1.61. The van der Waals surface area contributed by atoms with Crippen molar-refractivity contribution in [2.45, 2.75) is 43.5 Å². The van der Waals surface area contributed by atoms with Crippen LogP contribution in [0.5, 0.6) is 0 Å². The minimum atomic E-state index is -3.49. The van der Waals surface area contributed by atoms with E-state index in [0.29, 0.717) is 32.3 Å². The standard InChI is InChI=1S/C21H30N2O4S/c1-17-3-8-19(9-4-17)22(2)21(24)12-7-18-5-10-20(11-6-18)28(25,26)23-13-15-27-16-14-23/h5-7,10-12,17,19H,3-4,8-9,13-16H2,1-2H3/b12-7+. The predicted molar refractivity (Wildman–Crippen MR) is 109 cm³/mol. The van der Waals surface area contributed by atoms with Gasteiger partial charge < -0.3 is 9.64 Å². The van der Waals surface area contributed by atoms with Gasteiger partial charge in [-0.05, 0) is 55.4 Å². The van der Waals surface area contributed by atoms with Crippen molar-refractivity contribution in [3.63, 3.8) is 0 Å². The zero-order chi connectivity index (χ0) is 20.1. The van der Waals surface area contributed by atoms with E-state index in [1.54, 1.807) is 36.4 Å². The molecule has 28 heavy (non-hydrogen) atoms. The van der Waals surface area contributed by atoms with Crippen LogP contribution in [0.1, 0.15) is 38.2 Å². The van der Waals surface area contributed by atoms with Gasteiger partial charge in [0.05, 0.1) is 18.1 Å². The maximum atomic E-state index is 12.6. The highest BCUT2D eigenvalue weighted by atomic mass is 32.2. The fraction of sp³-hybridized carbons (Fsp3) is 0.571. The second kappa shape index (κ2) is 9.20. The third kappa shape index (κ3) is 5.01. The molecule has 0 aromatic heterocycles. The van der Waals surface area contributed by atoms with Crippen molar-refractivity contribution in [1.29, 1.82) is 0 Å². The van der Waals surface area contributed by atoms with Crippen molar-refractivity contribution in [2.75, 3.05) is 33.4 Å². The number of sulfonamides is 1. The van der Waals surface area contributed by atoms with Gasteiger partial charge >= 0.3 is 0 Å². The number of nitrogens with zero attached hydrogens (tertiary/aromatic N) is 2. The monoisotopic (exact) mass is 406 g/mol. The summed E-state index contributed by atoms with van der Waals surface area (Å²) in [5.41, 5.74) is 0.806. The summed E-state index contributed by atoms with van der Waals surface area (Å²) in [6.45, 7) is 3.88. The molecule has 0 N–H and O–H groups in total. The number of hydrogen-bond acceptors (Lipinski definition) is 4. The largest absolute Gasteiger partial charge is 0.379 e. The topological polar surface area (TPSA) is 66.9 Å². The molecule has 1 aliphatic carbocycles. The molecule has 3 rings (SSSR count). The van der Waals surface area contributed by atoms with Crippen LogP contribution >= 0.6 is 0 Å². The minimum absolute atomic E-state index is 0.00966. The second-order valence-electron chi connectivity index (χ2n) is 7.78. The molecule has 1 aliphatic heterocycles. The van der Waals surface area contributed by atoms with Crippen LogP contribution in [-0.4, -0.2) is 62.9 Å². The molecule has 0 atom stereocenters. The van der Waals surface area contributed by atoms with E-state index in [4.69, 9.17) is 4.74 Å². The molecule has 2 aliphatic rings. The van der Waals surface area contributed by atoms with E-state index in [1.807, 2.05) is 11.9 Å². The van der Waals surface area contributed by atoms with Gasteiger partial charge in [-0.3, -0.25) is 4.79 Å².